The average Bonchev–Trinajstić information content (AvgIpc) is 2.54. The summed E-state index contributed by atoms with van der Waals surface area (Å²) in [5, 5.41) is 0. The highest BCUT2D eigenvalue weighted by Gasteiger charge is 2.09. The van der Waals surface area contributed by atoms with Gasteiger partial charge in [0.2, 0.25) is 0 Å². The monoisotopic (exact) mass is 304 g/mol. The molecule has 0 atom stereocenters. The van der Waals surface area contributed by atoms with Crippen molar-refractivity contribution in [2.45, 2.75) is 25.6 Å². The predicted molar refractivity (Wildman–Crippen MR) is 88.8 cm³/mol. The third-order valence-electron chi connectivity index (χ3n) is 3.39. The van der Waals surface area contributed by atoms with Crippen molar-refractivity contribution in [1.29, 1.82) is 0 Å². The zero-order valence-electron chi connectivity index (χ0n) is 12.8. The molecule has 0 fully saturated rings. The molecule has 21 heavy (non-hydrogen) atoms. The highest BCUT2D eigenvalue weighted by molar-refractivity contribution is 6.17. The van der Waals surface area contributed by atoms with Crippen LogP contribution in [-0.2, 0) is 12.3 Å². The van der Waals surface area contributed by atoms with Crippen molar-refractivity contribution in [1.82, 2.24) is 4.98 Å². The van der Waals surface area contributed by atoms with Crippen LogP contribution >= 0.6 is 11.6 Å². The Hall–Kier alpha value is -1.74. The van der Waals surface area contributed by atoms with Crippen molar-refractivity contribution in [3.05, 3.63) is 47.7 Å². The quantitative estimate of drug-likeness (QED) is 0.732. The van der Waals surface area contributed by atoms with Gasteiger partial charge in [-0.15, -0.1) is 11.6 Å². The fourth-order valence-corrected chi connectivity index (χ4v) is 2.36. The Labute approximate surface area is 131 Å². The lowest BCUT2D eigenvalue weighted by Gasteiger charge is -2.20. The molecule has 0 saturated heterocycles. The van der Waals surface area contributed by atoms with Gasteiger partial charge in [-0.2, -0.15) is 0 Å². The summed E-state index contributed by atoms with van der Waals surface area (Å²) in [4.78, 5) is 6.79. The van der Waals surface area contributed by atoms with Crippen LogP contribution in [0.3, 0.4) is 0 Å². The van der Waals surface area contributed by atoms with Crippen molar-refractivity contribution in [3.8, 4) is 5.75 Å². The minimum Gasteiger partial charge on any atom is -0.497 e. The number of aromatic nitrogens is 1. The minimum atomic E-state index is 0.503. The second-order valence-corrected chi connectivity index (χ2v) is 5.23. The van der Waals surface area contributed by atoms with E-state index in [1.54, 1.807) is 7.11 Å². The van der Waals surface area contributed by atoms with E-state index < -0.39 is 0 Å². The third kappa shape index (κ3) is 3.88. The number of methoxy groups -OCH3 is 1. The molecule has 112 valence electrons. The number of rotatable bonds is 6. The summed E-state index contributed by atoms with van der Waals surface area (Å²) >= 11 is 6.00. The lowest BCUT2D eigenvalue weighted by atomic mass is 10.1. The molecular formula is C17H21ClN2O. The number of pyridine rings is 1. The van der Waals surface area contributed by atoms with Gasteiger partial charge >= 0.3 is 0 Å². The second kappa shape index (κ2) is 7.32. The van der Waals surface area contributed by atoms with E-state index in [0.29, 0.717) is 5.88 Å². The van der Waals surface area contributed by atoms with Crippen molar-refractivity contribution >= 4 is 23.1 Å². The van der Waals surface area contributed by atoms with Crippen LogP contribution in [0.4, 0.5) is 11.5 Å². The predicted octanol–water partition coefficient (Wildman–Crippen LogP) is 4.55. The van der Waals surface area contributed by atoms with Crippen molar-refractivity contribution < 1.29 is 4.74 Å². The first-order chi connectivity index (χ1) is 10.2. The molecule has 1 aromatic carbocycles. The number of aryl methyl sites for hydroxylation is 1. The molecule has 0 saturated carbocycles. The molecule has 3 nitrogen and oxygen atoms in total. The maximum absolute atomic E-state index is 6.00. The van der Waals surface area contributed by atoms with Gasteiger partial charge in [-0.3, -0.25) is 0 Å². The van der Waals surface area contributed by atoms with Gasteiger partial charge in [-0.05, 0) is 48.4 Å². The Balaban J connectivity index is 2.31. The molecule has 4 heteroatoms. The Morgan fingerprint density at radius 3 is 2.48 bits per heavy atom. The fraction of sp³-hybridized carbons (Fsp3) is 0.353. The van der Waals surface area contributed by atoms with Crippen molar-refractivity contribution in [2.75, 3.05) is 19.1 Å². The van der Waals surface area contributed by atoms with Gasteiger partial charge in [0.25, 0.3) is 0 Å². The zero-order chi connectivity index (χ0) is 15.2. The number of benzene rings is 1. The smallest absolute Gasteiger partial charge is 0.133 e. The summed E-state index contributed by atoms with van der Waals surface area (Å²) in [7, 11) is 3.68. The first-order valence-electron chi connectivity index (χ1n) is 7.11. The minimum absolute atomic E-state index is 0.503. The van der Waals surface area contributed by atoms with Crippen LogP contribution in [0.15, 0.2) is 36.4 Å². The van der Waals surface area contributed by atoms with Crippen LogP contribution in [0.25, 0.3) is 0 Å². The lowest BCUT2D eigenvalue weighted by molar-refractivity contribution is 0.415. The number of ether oxygens (including phenoxy) is 1. The number of hydrogen-bond acceptors (Lipinski definition) is 3. The summed E-state index contributed by atoms with van der Waals surface area (Å²) in [6.07, 6.45) is 2.04. The molecule has 0 aliphatic rings. The molecule has 2 aromatic rings. The van der Waals surface area contributed by atoms with Crippen molar-refractivity contribution in [3.63, 3.8) is 0 Å². The summed E-state index contributed by atoms with van der Waals surface area (Å²) in [6, 6.07) is 12.1. The maximum Gasteiger partial charge on any atom is 0.133 e. The van der Waals surface area contributed by atoms with E-state index in [9.17, 15) is 0 Å². The maximum atomic E-state index is 6.00. The van der Waals surface area contributed by atoms with Crippen LogP contribution in [0, 0.1) is 0 Å². The molecule has 1 heterocycles. The van der Waals surface area contributed by atoms with Crippen LogP contribution < -0.4 is 9.64 Å². The van der Waals surface area contributed by atoms with E-state index in [1.165, 1.54) is 0 Å². The number of nitrogens with zero attached hydrogens (tertiary/aromatic N) is 2. The summed E-state index contributed by atoms with van der Waals surface area (Å²) < 4.78 is 5.19. The highest BCUT2D eigenvalue weighted by Crippen LogP contribution is 2.26. The van der Waals surface area contributed by atoms with Gasteiger partial charge in [0.05, 0.1) is 7.11 Å². The zero-order valence-corrected chi connectivity index (χ0v) is 13.5. The molecular weight excluding hydrogens is 284 g/mol. The van der Waals surface area contributed by atoms with Crippen molar-refractivity contribution in [2.24, 2.45) is 0 Å². The average molecular weight is 305 g/mol. The van der Waals surface area contributed by atoms with E-state index in [1.807, 2.05) is 37.4 Å². The van der Waals surface area contributed by atoms with Crippen LogP contribution in [-0.4, -0.2) is 19.1 Å². The summed E-state index contributed by atoms with van der Waals surface area (Å²) in [6.45, 7) is 2.15. The van der Waals surface area contributed by atoms with Gasteiger partial charge in [0, 0.05) is 24.3 Å². The Morgan fingerprint density at radius 2 is 1.90 bits per heavy atom. The summed E-state index contributed by atoms with van der Waals surface area (Å²) in [5.41, 5.74) is 3.26. The number of anilines is 2. The molecule has 0 unspecified atom stereocenters. The molecule has 0 aliphatic carbocycles. The van der Waals surface area contributed by atoms with Gasteiger partial charge in [-0.25, -0.2) is 4.98 Å². The molecule has 0 bridgehead atoms. The molecule has 0 amide bonds. The highest BCUT2D eigenvalue weighted by atomic mass is 35.5. The summed E-state index contributed by atoms with van der Waals surface area (Å²) in [5.74, 6) is 2.27. The van der Waals surface area contributed by atoms with E-state index in [0.717, 1.165) is 41.4 Å². The molecule has 0 radical (unpaired) electrons. The lowest BCUT2D eigenvalue weighted by Crippen LogP contribution is -2.12. The molecule has 1 aromatic heterocycles. The van der Waals surface area contributed by atoms with Gasteiger partial charge in [-0.1, -0.05) is 13.3 Å². The fourth-order valence-electron chi connectivity index (χ4n) is 2.20. The van der Waals surface area contributed by atoms with Crippen LogP contribution in [0.5, 0.6) is 5.75 Å². The van der Waals surface area contributed by atoms with Gasteiger partial charge in [0.15, 0.2) is 0 Å². The Kier molecular flexibility index (Phi) is 5.45. The van der Waals surface area contributed by atoms with E-state index in [-0.39, 0.29) is 0 Å². The normalized spacial score (nSPS) is 10.5. The first-order valence-corrected chi connectivity index (χ1v) is 7.65. The van der Waals surface area contributed by atoms with Gasteiger partial charge < -0.3 is 9.64 Å². The molecule has 0 aliphatic heterocycles. The molecule has 2 rings (SSSR count). The topological polar surface area (TPSA) is 25.4 Å². The Bertz CT molecular complexity index is 584. The van der Waals surface area contributed by atoms with E-state index >= 15 is 0 Å². The molecule has 0 spiro atoms. The third-order valence-corrected chi connectivity index (χ3v) is 3.70. The molecule has 0 N–H and O–H groups in total. The number of halogens is 1. The van der Waals surface area contributed by atoms with Crippen LogP contribution in [0.2, 0.25) is 0 Å². The Morgan fingerprint density at radius 1 is 1.19 bits per heavy atom. The first kappa shape index (κ1) is 15.6. The van der Waals surface area contributed by atoms with Gasteiger partial charge in [0.1, 0.15) is 11.6 Å². The SMILES string of the molecule is CCCc1cc(CCl)cc(N(C)c2ccc(OC)cc2)n1. The second-order valence-electron chi connectivity index (χ2n) is 4.97. The number of alkyl halides is 1. The number of hydrogen-bond donors (Lipinski definition) is 0. The van der Waals surface area contributed by atoms with E-state index in [2.05, 4.69) is 17.9 Å². The largest absolute Gasteiger partial charge is 0.497 e. The van der Waals surface area contributed by atoms with Crippen LogP contribution in [0.1, 0.15) is 24.6 Å². The van der Waals surface area contributed by atoms with E-state index in [4.69, 9.17) is 21.3 Å². The standard InChI is InChI=1S/C17H21ClN2O/c1-4-5-14-10-13(12-18)11-17(19-14)20(2)15-6-8-16(21-3)9-7-15/h6-11H,4-5,12H2,1-3H3.